The number of aliphatic hydroxyl groups is 1. The van der Waals surface area contributed by atoms with Gasteiger partial charge in [0.2, 0.25) is 0 Å². The average molecular weight is 308 g/mol. The molecule has 0 aliphatic rings. The molecule has 1 aromatic rings. The lowest BCUT2D eigenvalue weighted by atomic mass is 10.1. The van der Waals surface area contributed by atoms with Crippen LogP contribution in [0.15, 0.2) is 12.1 Å². The van der Waals surface area contributed by atoms with E-state index in [9.17, 15) is 4.79 Å². The van der Waals surface area contributed by atoms with Crippen molar-refractivity contribution >= 4 is 5.97 Å². The van der Waals surface area contributed by atoms with Gasteiger partial charge >= 0.3 is 5.97 Å². The molecule has 4 heteroatoms. The van der Waals surface area contributed by atoms with E-state index >= 15 is 0 Å². The lowest BCUT2D eigenvalue weighted by molar-refractivity contribution is -0.149. The van der Waals surface area contributed by atoms with Crippen molar-refractivity contribution in [3.8, 4) is 5.75 Å². The summed E-state index contributed by atoms with van der Waals surface area (Å²) in [5.74, 6) is 0.669. The Morgan fingerprint density at radius 1 is 1.14 bits per heavy atom. The van der Waals surface area contributed by atoms with Gasteiger partial charge in [-0.1, -0.05) is 24.1 Å². The van der Waals surface area contributed by atoms with Gasteiger partial charge < -0.3 is 14.6 Å². The molecule has 1 aromatic carbocycles. The van der Waals surface area contributed by atoms with E-state index in [-0.39, 0.29) is 18.7 Å². The maximum absolute atomic E-state index is 11.7. The van der Waals surface area contributed by atoms with Gasteiger partial charge in [-0.25, -0.2) is 0 Å². The van der Waals surface area contributed by atoms with Crippen LogP contribution in [0.1, 0.15) is 49.3 Å². The van der Waals surface area contributed by atoms with Gasteiger partial charge in [-0.05, 0) is 51.7 Å². The van der Waals surface area contributed by atoms with Crippen molar-refractivity contribution in [2.75, 3.05) is 13.2 Å². The second kappa shape index (κ2) is 9.46. The van der Waals surface area contributed by atoms with Crippen LogP contribution in [-0.2, 0) is 9.53 Å². The zero-order valence-electron chi connectivity index (χ0n) is 14.1. The van der Waals surface area contributed by atoms with E-state index in [1.54, 1.807) is 0 Å². The lowest BCUT2D eigenvalue weighted by Crippen LogP contribution is -2.22. The average Bonchev–Trinajstić information content (AvgIpc) is 2.42. The monoisotopic (exact) mass is 308 g/mol. The summed E-state index contributed by atoms with van der Waals surface area (Å²) in [6, 6.07) is 4.17. The van der Waals surface area contributed by atoms with Crippen LogP contribution in [0.4, 0.5) is 0 Å². The Labute approximate surface area is 133 Å². The predicted octanol–water partition coefficient (Wildman–Crippen LogP) is 3.48. The van der Waals surface area contributed by atoms with Crippen LogP contribution in [0.25, 0.3) is 0 Å². The van der Waals surface area contributed by atoms with E-state index in [2.05, 4.69) is 19.1 Å². The van der Waals surface area contributed by atoms with Crippen molar-refractivity contribution < 1.29 is 19.4 Å². The summed E-state index contributed by atoms with van der Waals surface area (Å²) in [5.41, 5.74) is 3.41. The molecule has 0 aromatic heterocycles. The maximum atomic E-state index is 11.7. The topological polar surface area (TPSA) is 55.8 Å². The molecule has 0 spiro atoms. The van der Waals surface area contributed by atoms with Crippen molar-refractivity contribution in [3.63, 3.8) is 0 Å². The molecule has 0 aliphatic carbocycles. The van der Waals surface area contributed by atoms with Crippen LogP contribution in [0.2, 0.25) is 0 Å². The number of ether oxygens (including phenoxy) is 2. The second-order valence-corrected chi connectivity index (χ2v) is 5.87. The van der Waals surface area contributed by atoms with Crippen molar-refractivity contribution in [2.45, 2.75) is 59.5 Å². The van der Waals surface area contributed by atoms with E-state index in [1.165, 1.54) is 5.56 Å². The third kappa shape index (κ3) is 6.48. The minimum absolute atomic E-state index is 0.175. The molecule has 1 N–H and O–H groups in total. The van der Waals surface area contributed by atoms with E-state index in [1.807, 2.05) is 20.8 Å². The molecule has 22 heavy (non-hydrogen) atoms. The van der Waals surface area contributed by atoms with Crippen LogP contribution >= 0.6 is 0 Å². The summed E-state index contributed by atoms with van der Waals surface area (Å²) >= 11 is 0. The number of unbranched alkanes of at least 4 members (excludes halogenated alkanes) is 2. The van der Waals surface area contributed by atoms with E-state index in [0.717, 1.165) is 36.1 Å². The summed E-state index contributed by atoms with van der Waals surface area (Å²) in [7, 11) is 0. The fourth-order valence-electron chi connectivity index (χ4n) is 2.47. The molecule has 1 unspecified atom stereocenters. The van der Waals surface area contributed by atoms with E-state index < -0.39 is 0 Å². The normalized spacial score (nSPS) is 12.0. The molecule has 4 nitrogen and oxygen atoms in total. The number of esters is 1. The van der Waals surface area contributed by atoms with Gasteiger partial charge in [0.15, 0.2) is 0 Å². The lowest BCUT2D eigenvalue weighted by Gasteiger charge is -2.17. The van der Waals surface area contributed by atoms with Crippen molar-refractivity contribution in [1.29, 1.82) is 0 Å². The smallest absolute Gasteiger partial charge is 0.306 e. The molecule has 0 amide bonds. The van der Waals surface area contributed by atoms with Gasteiger partial charge in [0, 0.05) is 13.0 Å². The molecule has 1 rings (SSSR count). The highest BCUT2D eigenvalue weighted by Crippen LogP contribution is 2.24. The Bertz CT molecular complexity index is 459. The summed E-state index contributed by atoms with van der Waals surface area (Å²) in [6.45, 7) is 8.47. The maximum Gasteiger partial charge on any atom is 0.306 e. The second-order valence-electron chi connectivity index (χ2n) is 5.87. The summed E-state index contributed by atoms with van der Waals surface area (Å²) in [6.07, 6.45) is 2.46. The summed E-state index contributed by atoms with van der Waals surface area (Å²) < 4.78 is 11.1. The Morgan fingerprint density at radius 3 is 2.36 bits per heavy atom. The first kappa shape index (κ1) is 18.5. The molecule has 124 valence electrons. The van der Waals surface area contributed by atoms with Gasteiger partial charge in [-0.15, -0.1) is 0 Å². The highest BCUT2D eigenvalue weighted by Gasteiger charge is 2.12. The first-order valence-corrected chi connectivity index (χ1v) is 7.95. The van der Waals surface area contributed by atoms with Crippen LogP contribution < -0.4 is 4.74 Å². The number of aliphatic hydroxyl groups excluding tert-OH is 1. The van der Waals surface area contributed by atoms with Crippen LogP contribution in [0.5, 0.6) is 5.75 Å². The Morgan fingerprint density at radius 2 is 1.77 bits per heavy atom. The molecule has 0 saturated carbocycles. The highest BCUT2D eigenvalue weighted by atomic mass is 16.6. The Hall–Kier alpha value is -1.55. The Kier molecular flexibility index (Phi) is 7.96. The summed E-state index contributed by atoms with van der Waals surface area (Å²) in [4.78, 5) is 11.7. The number of hydrogen-bond acceptors (Lipinski definition) is 4. The number of carbonyl (C=O) groups excluding carboxylic acids is 1. The molecule has 0 bridgehead atoms. The molecule has 1 atom stereocenters. The number of hydrogen-bond donors (Lipinski definition) is 1. The zero-order valence-corrected chi connectivity index (χ0v) is 14.1. The van der Waals surface area contributed by atoms with Crippen molar-refractivity contribution in [3.05, 3.63) is 28.8 Å². The van der Waals surface area contributed by atoms with Crippen LogP contribution in [0.3, 0.4) is 0 Å². The van der Waals surface area contributed by atoms with Gasteiger partial charge in [0.25, 0.3) is 0 Å². The first-order valence-electron chi connectivity index (χ1n) is 7.95. The van der Waals surface area contributed by atoms with Gasteiger partial charge in [0.05, 0.1) is 0 Å². The quantitative estimate of drug-likeness (QED) is 0.560. The first-order chi connectivity index (χ1) is 10.4. The molecule has 0 radical (unpaired) electrons. The largest absolute Gasteiger partial charge is 0.489 e. The third-order valence-electron chi connectivity index (χ3n) is 3.44. The fourth-order valence-corrected chi connectivity index (χ4v) is 2.47. The number of rotatable bonds is 9. The molecule has 0 fully saturated rings. The van der Waals surface area contributed by atoms with Crippen LogP contribution in [0, 0.1) is 20.8 Å². The minimum Gasteiger partial charge on any atom is -0.489 e. The van der Waals surface area contributed by atoms with Gasteiger partial charge in [-0.2, -0.15) is 0 Å². The van der Waals surface area contributed by atoms with Gasteiger partial charge in [-0.3, -0.25) is 4.79 Å². The van der Waals surface area contributed by atoms with Crippen molar-refractivity contribution in [2.24, 2.45) is 0 Å². The number of carbonyl (C=O) groups is 1. The number of benzene rings is 1. The van der Waals surface area contributed by atoms with Crippen molar-refractivity contribution in [1.82, 2.24) is 0 Å². The summed E-state index contributed by atoms with van der Waals surface area (Å²) in [5, 5.41) is 8.68. The molecular weight excluding hydrogens is 280 g/mol. The van der Waals surface area contributed by atoms with E-state index in [0.29, 0.717) is 13.0 Å². The molecule has 0 saturated heterocycles. The number of aryl methyl sites for hydroxylation is 3. The zero-order chi connectivity index (χ0) is 16.5. The minimum atomic E-state index is -0.273. The standard InChI is InChI=1S/C18H28O4/c1-13-10-14(2)18(15(3)11-13)21-12-16(4)22-17(20)8-6-5-7-9-19/h10-11,16,19H,5-9,12H2,1-4H3. The Balaban J connectivity index is 2.37. The van der Waals surface area contributed by atoms with Gasteiger partial charge in [0.1, 0.15) is 18.5 Å². The molecule has 0 heterocycles. The molecular formula is C18H28O4. The predicted molar refractivity (Wildman–Crippen MR) is 87.3 cm³/mol. The SMILES string of the molecule is Cc1cc(C)c(OCC(C)OC(=O)CCCCCO)c(C)c1. The third-order valence-corrected chi connectivity index (χ3v) is 3.44. The molecule has 0 aliphatic heterocycles. The fraction of sp³-hybridized carbons (Fsp3) is 0.611. The van der Waals surface area contributed by atoms with Crippen LogP contribution in [-0.4, -0.2) is 30.4 Å². The highest BCUT2D eigenvalue weighted by molar-refractivity contribution is 5.69. The van der Waals surface area contributed by atoms with E-state index in [4.69, 9.17) is 14.6 Å².